The maximum absolute atomic E-state index is 11.4. The Morgan fingerprint density at radius 3 is 2.67 bits per heavy atom. The third-order valence-electron chi connectivity index (χ3n) is 3.21. The molecule has 1 aromatic rings. The van der Waals surface area contributed by atoms with Gasteiger partial charge in [-0.15, -0.1) is 0 Å². The summed E-state index contributed by atoms with van der Waals surface area (Å²) in [6, 6.07) is 4.91. The van der Waals surface area contributed by atoms with Crippen LogP contribution in [0.15, 0.2) is 46.4 Å². The molecule has 4 N–H and O–H groups in total. The number of amidine groups is 1. The monoisotopic (exact) mass is 326 g/mol. The van der Waals surface area contributed by atoms with Crippen LogP contribution in [0.25, 0.3) is 0 Å². The molecule has 0 spiro atoms. The Bertz CT molecular complexity index is 710. The first-order valence-electron chi connectivity index (χ1n) is 5.93. The van der Waals surface area contributed by atoms with Gasteiger partial charge in [-0.1, -0.05) is 35.3 Å². The van der Waals surface area contributed by atoms with Crippen molar-refractivity contribution >= 4 is 29.0 Å². The highest BCUT2D eigenvalue weighted by atomic mass is 35.5. The van der Waals surface area contributed by atoms with E-state index in [4.69, 9.17) is 34.7 Å². The number of allylic oxidation sites excluding steroid dienone is 2. The van der Waals surface area contributed by atoms with E-state index in [-0.39, 0.29) is 22.3 Å². The molecule has 21 heavy (non-hydrogen) atoms. The van der Waals surface area contributed by atoms with Crippen LogP contribution in [0.1, 0.15) is 18.4 Å². The van der Waals surface area contributed by atoms with Crippen LogP contribution < -0.4 is 11.5 Å². The molecule has 0 aromatic heterocycles. The smallest absolute Gasteiger partial charge is 0.279 e. The quantitative estimate of drug-likeness (QED) is 0.643. The van der Waals surface area contributed by atoms with Crippen molar-refractivity contribution in [3.05, 3.63) is 67.1 Å². The predicted octanol–water partition coefficient (Wildman–Crippen LogP) is 2.80. The van der Waals surface area contributed by atoms with Gasteiger partial charge in [-0.2, -0.15) is 0 Å². The summed E-state index contributed by atoms with van der Waals surface area (Å²) in [5, 5.41) is 11.9. The number of aliphatic imine (C=N–C) groups is 1. The standard InChI is InChI=1S/C13H12Cl2N4O2/c1-6-12(19(20)21)10(8(5-16)13(17)18-6)7-3-2-4-9(14)11(7)15/h2-5,10H,16H2,1H3,(H2,17,18)/b8-5-. The van der Waals surface area contributed by atoms with Crippen LogP contribution >= 0.6 is 23.2 Å². The maximum atomic E-state index is 11.4. The Labute approximate surface area is 130 Å². The van der Waals surface area contributed by atoms with Crippen molar-refractivity contribution in [1.29, 1.82) is 0 Å². The van der Waals surface area contributed by atoms with Gasteiger partial charge in [0.1, 0.15) is 17.5 Å². The van der Waals surface area contributed by atoms with Crippen LogP contribution in [0.5, 0.6) is 0 Å². The maximum Gasteiger partial charge on any atom is 0.279 e. The summed E-state index contributed by atoms with van der Waals surface area (Å²) in [5.41, 5.74) is 12.3. The number of rotatable bonds is 2. The van der Waals surface area contributed by atoms with Crippen molar-refractivity contribution in [1.82, 2.24) is 0 Å². The molecular weight excluding hydrogens is 315 g/mol. The molecule has 0 radical (unpaired) electrons. The van der Waals surface area contributed by atoms with Gasteiger partial charge in [0.15, 0.2) is 0 Å². The summed E-state index contributed by atoms with van der Waals surface area (Å²) in [6.07, 6.45) is 1.21. The van der Waals surface area contributed by atoms with E-state index in [1.165, 1.54) is 13.1 Å². The van der Waals surface area contributed by atoms with E-state index in [0.717, 1.165) is 0 Å². The van der Waals surface area contributed by atoms with Crippen molar-refractivity contribution in [2.24, 2.45) is 16.5 Å². The molecule has 1 atom stereocenters. The summed E-state index contributed by atoms with van der Waals surface area (Å²) in [5.74, 6) is -0.685. The van der Waals surface area contributed by atoms with Gasteiger partial charge in [0.05, 0.1) is 15.0 Å². The number of nitro groups is 1. The summed E-state index contributed by atoms with van der Waals surface area (Å²) >= 11 is 12.2. The van der Waals surface area contributed by atoms with E-state index in [0.29, 0.717) is 16.2 Å². The molecule has 0 bridgehead atoms. The first-order valence-corrected chi connectivity index (χ1v) is 6.69. The summed E-state index contributed by atoms with van der Waals surface area (Å²) in [4.78, 5) is 14.9. The van der Waals surface area contributed by atoms with Crippen LogP contribution in [0.2, 0.25) is 10.0 Å². The molecule has 0 amide bonds. The number of benzene rings is 1. The highest BCUT2D eigenvalue weighted by Crippen LogP contribution is 2.42. The van der Waals surface area contributed by atoms with E-state index in [9.17, 15) is 10.1 Å². The lowest BCUT2D eigenvalue weighted by Crippen LogP contribution is -2.29. The predicted molar refractivity (Wildman–Crippen MR) is 82.8 cm³/mol. The fourth-order valence-electron chi connectivity index (χ4n) is 2.28. The molecule has 1 aliphatic heterocycles. The molecule has 1 aromatic carbocycles. The number of nitrogens with two attached hydrogens (primary N) is 2. The zero-order valence-corrected chi connectivity index (χ0v) is 12.5. The van der Waals surface area contributed by atoms with Crippen molar-refractivity contribution < 1.29 is 4.92 Å². The highest BCUT2D eigenvalue weighted by molar-refractivity contribution is 6.42. The molecule has 0 fully saturated rings. The van der Waals surface area contributed by atoms with Crippen LogP contribution in [-0.4, -0.2) is 10.8 Å². The number of halogens is 2. The molecular formula is C13H12Cl2N4O2. The van der Waals surface area contributed by atoms with Crippen molar-refractivity contribution in [3.63, 3.8) is 0 Å². The highest BCUT2D eigenvalue weighted by Gasteiger charge is 2.38. The molecule has 1 unspecified atom stereocenters. The minimum absolute atomic E-state index is 0.120. The lowest BCUT2D eigenvalue weighted by molar-refractivity contribution is -0.430. The Hall–Kier alpha value is -2.05. The Balaban J connectivity index is 2.76. The van der Waals surface area contributed by atoms with E-state index < -0.39 is 10.8 Å². The number of hydrogen-bond donors (Lipinski definition) is 2. The molecule has 0 saturated heterocycles. The molecule has 0 aliphatic carbocycles. The molecule has 2 rings (SSSR count). The second-order valence-electron chi connectivity index (χ2n) is 4.42. The normalized spacial score (nSPS) is 20.6. The average molecular weight is 327 g/mol. The van der Waals surface area contributed by atoms with Gasteiger partial charge < -0.3 is 11.5 Å². The zero-order chi connectivity index (χ0) is 15.7. The summed E-state index contributed by atoms with van der Waals surface area (Å²) < 4.78 is 0. The fourth-order valence-corrected chi connectivity index (χ4v) is 2.70. The van der Waals surface area contributed by atoms with Gasteiger partial charge in [0.25, 0.3) is 5.70 Å². The minimum atomic E-state index is -0.811. The first kappa shape index (κ1) is 15.3. The second kappa shape index (κ2) is 5.75. The Kier molecular flexibility index (Phi) is 4.20. The van der Waals surface area contributed by atoms with Crippen LogP contribution in [0.4, 0.5) is 0 Å². The van der Waals surface area contributed by atoms with Gasteiger partial charge in [-0.25, -0.2) is 4.99 Å². The second-order valence-corrected chi connectivity index (χ2v) is 5.21. The lowest BCUT2D eigenvalue weighted by Gasteiger charge is -2.23. The van der Waals surface area contributed by atoms with Crippen molar-refractivity contribution in [3.8, 4) is 0 Å². The summed E-state index contributed by atoms with van der Waals surface area (Å²) in [6.45, 7) is 1.52. The zero-order valence-electron chi connectivity index (χ0n) is 11.0. The van der Waals surface area contributed by atoms with Crippen molar-refractivity contribution in [2.45, 2.75) is 12.8 Å². The van der Waals surface area contributed by atoms with Crippen LogP contribution in [0.3, 0.4) is 0 Å². The molecule has 1 aliphatic rings. The number of hydrogen-bond acceptors (Lipinski definition) is 5. The van der Waals surface area contributed by atoms with Gasteiger partial charge in [0, 0.05) is 11.8 Å². The van der Waals surface area contributed by atoms with Gasteiger partial charge in [-0.05, 0) is 18.6 Å². The van der Waals surface area contributed by atoms with Gasteiger partial charge in [-0.3, -0.25) is 10.1 Å². The van der Waals surface area contributed by atoms with E-state index in [2.05, 4.69) is 4.99 Å². The number of nitrogens with zero attached hydrogens (tertiary/aromatic N) is 2. The van der Waals surface area contributed by atoms with Gasteiger partial charge in [0.2, 0.25) is 0 Å². The Morgan fingerprint density at radius 1 is 1.43 bits per heavy atom. The van der Waals surface area contributed by atoms with Gasteiger partial charge >= 0.3 is 0 Å². The largest absolute Gasteiger partial charge is 0.404 e. The lowest BCUT2D eigenvalue weighted by atomic mass is 9.85. The summed E-state index contributed by atoms with van der Waals surface area (Å²) in [7, 11) is 0. The molecule has 1 heterocycles. The molecule has 8 heteroatoms. The van der Waals surface area contributed by atoms with Crippen molar-refractivity contribution in [2.75, 3.05) is 0 Å². The van der Waals surface area contributed by atoms with E-state index in [1.807, 2.05) is 0 Å². The SMILES string of the molecule is CC1=C([N+](=O)[O-])C(c2cccc(Cl)c2Cl)/C(=C/N)C(N)=N1. The average Bonchev–Trinajstić information content (AvgIpc) is 2.40. The first-order chi connectivity index (χ1) is 9.88. The van der Waals surface area contributed by atoms with Crippen LogP contribution in [0, 0.1) is 10.1 Å². The van der Waals surface area contributed by atoms with E-state index in [1.54, 1.807) is 18.2 Å². The molecule has 0 saturated carbocycles. The molecule has 110 valence electrons. The fraction of sp³-hybridized carbons (Fsp3) is 0.154. The third kappa shape index (κ3) is 2.59. The topological polar surface area (TPSA) is 108 Å². The third-order valence-corrected chi connectivity index (χ3v) is 4.04. The Morgan fingerprint density at radius 2 is 2.10 bits per heavy atom. The minimum Gasteiger partial charge on any atom is -0.404 e. The molecule has 6 nitrogen and oxygen atoms in total. The van der Waals surface area contributed by atoms with Crippen LogP contribution in [-0.2, 0) is 0 Å². The van der Waals surface area contributed by atoms with E-state index >= 15 is 0 Å².